The molecule has 0 bridgehead atoms. The Morgan fingerprint density at radius 3 is 2.50 bits per heavy atom. The summed E-state index contributed by atoms with van der Waals surface area (Å²) < 4.78 is 5.36. The second-order valence-corrected chi connectivity index (χ2v) is 6.34. The van der Waals surface area contributed by atoms with E-state index < -0.39 is 6.10 Å². The summed E-state index contributed by atoms with van der Waals surface area (Å²) >= 11 is 0. The summed E-state index contributed by atoms with van der Waals surface area (Å²) in [7, 11) is 0. The lowest BCUT2D eigenvalue weighted by Gasteiger charge is -2.37. The molecule has 1 saturated heterocycles. The Balaban J connectivity index is 1.50. The number of nitrogens with zero attached hydrogens (tertiary/aromatic N) is 4. The number of rotatable bonds is 6. The fourth-order valence-corrected chi connectivity index (χ4v) is 3.10. The molecule has 0 saturated carbocycles. The zero-order chi connectivity index (χ0) is 16.9. The maximum Gasteiger partial charge on any atom is 0.243 e. The highest BCUT2D eigenvalue weighted by molar-refractivity contribution is 5.17. The number of hydrogen-bond donors (Lipinski definition) is 1. The molecule has 3 rings (SSSR count). The number of aliphatic hydroxyl groups excluding tert-OH is 1. The smallest absolute Gasteiger partial charge is 0.243 e. The lowest BCUT2D eigenvalue weighted by atomic mass is 10.1. The molecule has 2 atom stereocenters. The molecule has 1 fully saturated rings. The largest absolute Gasteiger partial charge is 0.387 e. The summed E-state index contributed by atoms with van der Waals surface area (Å²) in [5, 5.41) is 14.3. The monoisotopic (exact) mass is 330 g/mol. The van der Waals surface area contributed by atoms with Crippen molar-refractivity contribution in [3.63, 3.8) is 0 Å². The van der Waals surface area contributed by atoms with E-state index in [0.29, 0.717) is 12.4 Å². The molecular formula is C18H26N4O2. The van der Waals surface area contributed by atoms with Crippen LogP contribution in [0.4, 0.5) is 0 Å². The highest BCUT2D eigenvalue weighted by atomic mass is 16.5. The first-order valence-electron chi connectivity index (χ1n) is 8.69. The third kappa shape index (κ3) is 4.01. The fraction of sp³-hybridized carbons (Fsp3) is 0.556. The Morgan fingerprint density at radius 2 is 1.88 bits per heavy atom. The molecule has 1 aliphatic rings. The van der Waals surface area contributed by atoms with Crippen LogP contribution in [0.15, 0.2) is 34.9 Å². The van der Waals surface area contributed by atoms with Gasteiger partial charge in [0, 0.05) is 39.1 Å². The van der Waals surface area contributed by atoms with Crippen LogP contribution in [0, 0.1) is 0 Å². The van der Waals surface area contributed by atoms with Gasteiger partial charge in [-0.3, -0.25) is 9.80 Å². The van der Waals surface area contributed by atoms with Crippen LogP contribution in [0.1, 0.15) is 43.3 Å². The lowest BCUT2D eigenvalue weighted by molar-refractivity contribution is 0.0525. The molecular weight excluding hydrogens is 304 g/mol. The molecule has 2 aromatic rings. The van der Waals surface area contributed by atoms with Crippen LogP contribution in [0.25, 0.3) is 0 Å². The first-order valence-corrected chi connectivity index (χ1v) is 8.69. The van der Waals surface area contributed by atoms with Crippen molar-refractivity contribution in [1.82, 2.24) is 19.9 Å². The summed E-state index contributed by atoms with van der Waals surface area (Å²) in [4.78, 5) is 9.11. The molecule has 1 aromatic heterocycles. The number of aliphatic hydroxyl groups is 1. The first-order chi connectivity index (χ1) is 11.7. The van der Waals surface area contributed by atoms with Crippen molar-refractivity contribution in [1.29, 1.82) is 0 Å². The van der Waals surface area contributed by atoms with Gasteiger partial charge < -0.3 is 9.63 Å². The van der Waals surface area contributed by atoms with Gasteiger partial charge in [0.25, 0.3) is 0 Å². The van der Waals surface area contributed by atoms with E-state index in [-0.39, 0.29) is 6.04 Å². The van der Waals surface area contributed by atoms with Gasteiger partial charge in [0.2, 0.25) is 5.89 Å². The van der Waals surface area contributed by atoms with E-state index in [4.69, 9.17) is 4.52 Å². The number of piperazine rings is 1. The van der Waals surface area contributed by atoms with Gasteiger partial charge in [0.15, 0.2) is 5.82 Å². The zero-order valence-corrected chi connectivity index (χ0v) is 14.4. The highest BCUT2D eigenvalue weighted by Gasteiger charge is 2.26. The predicted molar refractivity (Wildman–Crippen MR) is 91.5 cm³/mol. The molecule has 6 heteroatoms. The van der Waals surface area contributed by atoms with Gasteiger partial charge in [-0.25, -0.2) is 0 Å². The van der Waals surface area contributed by atoms with E-state index in [1.807, 2.05) is 37.3 Å². The summed E-state index contributed by atoms with van der Waals surface area (Å²) in [6, 6.07) is 9.99. The average Bonchev–Trinajstić information content (AvgIpc) is 3.11. The van der Waals surface area contributed by atoms with Gasteiger partial charge >= 0.3 is 0 Å². The highest BCUT2D eigenvalue weighted by Crippen LogP contribution is 2.21. The van der Waals surface area contributed by atoms with Crippen molar-refractivity contribution >= 4 is 0 Å². The number of hydrogen-bond acceptors (Lipinski definition) is 6. The molecule has 0 aliphatic carbocycles. The maximum absolute atomic E-state index is 10.4. The van der Waals surface area contributed by atoms with Gasteiger partial charge in [-0.1, -0.05) is 42.4 Å². The SMILES string of the molecule is CCc1noc([C@@H](C)N2CCN(C[C@@H](O)c3ccccc3)CC2)n1. The van der Waals surface area contributed by atoms with Crippen LogP contribution in [-0.2, 0) is 6.42 Å². The Labute approximate surface area is 143 Å². The quantitative estimate of drug-likeness (QED) is 0.874. The Bertz CT molecular complexity index is 623. The molecule has 0 unspecified atom stereocenters. The normalized spacial score (nSPS) is 19.3. The maximum atomic E-state index is 10.4. The molecule has 6 nitrogen and oxygen atoms in total. The molecule has 130 valence electrons. The molecule has 24 heavy (non-hydrogen) atoms. The van der Waals surface area contributed by atoms with Crippen LogP contribution in [0.3, 0.4) is 0 Å². The van der Waals surface area contributed by atoms with Crippen molar-refractivity contribution in [3.8, 4) is 0 Å². The van der Waals surface area contributed by atoms with Gasteiger partial charge in [0.05, 0.1) is 12.1 Å². The summed E-state index contributed by atoms with van der Waals surface area (Å²) in [5.41, 5.74) is 0.978. The Kier molecular flexibility index (Phi) is 5.60. The average molecular weight is 330 g/mol. The molecule has 1 N–H and O–H groups in total. The van der Waals surface area contributed by atoms with Crippen molar-refractivity contribution in [2.24, 2.45) is 0 Å². The minimum absolute atomic E-state index is 0.138. The van der Waals surface area contributed by atoms with E-state index in [0.717, 1.165) is 44.0 Å². The molecule has 1 aliphatic heterocycles. The van der Waals surface area contributed by atoms with E-state index in [2.05, 4.69) is 26.9 Å². The van der Waals surface area contributed by atoms with Crippen LogP contribution < -0.4 is 0 Å². The lowest BCUT2D eigenvalue weighted by Crippen LogP contribution is -2.48. The number of aromatic nitrogens is 2. The second kappa shape index (κ2) is 7.88. The molecule has 1 aromatic carbocycles. The van der Waals surface area contributed by atoms with Gasteiger partial charge in [-0.15, -0.1) is 0 Å². The van der Waals surface area contributed by atoms with Crippen LogP contribution in [0.2, 0.25) is 0 Å². The van der Waals surface area contributed by atoms with Crippen LogP contribution in [0.5, 0.6) is 0 Å². The minimum atomic E-state index is -0.432. The predicted octanol–water partition coefficient (Wildman–Crippen LogP) is 2.04. The van der Waals surface area contributed by atoms with Crippen molar-refractivity contribution < 1.29 is 9.63 Å². The summed E-state index contributed by atoms with van der Waals surface area (Å²) in [5.74, 6) is 1.46. The molecule has 2 heterocycles. The van der Waals surface area contributed by atoms with Crippen molar-refractivity contribution in [2.75, 3.05) is 32.7 Å². The third-order valence-corrected chi connectivity index (χ3v) is 4.73. The van der Waals surface area contributed by atoms with Crippen molar-refractivity contribution in [3.05, 3.63) is 47.6 Å². The van der Waals surface area contributed by atoms with Gasteiger partial charge in [0.1, 0.15) is 0 Å². The standard InChI is InChI=1S/C18H26N4O2/c1-3-17-19-18(24-20-17)14(2)22-11-9-21(10-12-22)13-16(23)15-7-5-4-6-8-15/h4-8,14,16,23H,3,9-13H2,1-2H3/t14-,16-/m1/s1. The van der Waals surface area contributed by atoms with E-state index in [9.17, 15) is 5.11 Å². The topological polar surface area (TPSA) is 65.6 Å². The number of aryl methyl sites for hydroxylation is 1. The summed E-state index contributed by atoms with van der Waals surface area (Å²) in [6.07, 6.45) is 0.361. The van der Waals surface area contributed by atoms with Crippen LogP contribution >= 0.6 is 0 Å². The molecule has 0 amide bonds. The third-order valence-electron chi connectivity index (χ3n) is 4.73. The van der Waals surface area contributed by atoms with Crippen molar-refractivity contribution in [2.45, 2.75) is 32.4 Å². The second-order valence-electron chi connectivity index (χ2n) is 6.34. The Hall–Kier alpha value is -1.76. The van der Waals surface area contributed by atoms with Gasteiger partial charge in [-0.05, 0) is 12.5 Å². The number of benzene rings is 1. The van der Waals surface area contributed by atoms with E-state index in [1.165, 1.54) is 0 Å². The molecule has 0 radical (unpaired) electrons. The summed E-state index contributed by atoms with van der Waals surface area (Å²) in [6.45, 7) is 8.55. The van der Waals surface area contributed by atoms with Gasteiger partial charge in [-0.2, -0.15) is 4.98 Å². The van der Waals surface area contributed by atoms with E-state index in [1.54, 1.807) is 0 Å². The van der Waals surface area contributed by atoms with E-state index >= 15 is 0 Å². The first kappa shape index (κ1) is 17.1. The zero-order valence-electron chi connectivity index (χ0n) is 14.4. The fourth-order valence-electron chi connectivity index (χ4n) is 3.10. The molecule has 0 spiro atoms. The number of β-amino-alcohol motifs (C(OH)–C–C–N with tert-alkyl or cyclic N) is 1. The Morgan fingerprint density at radius 1 is 1.17 bits per heavy atom. The minimum Gasteiger partial charge on any atom is -0.387 e. The van der Waals surface area contributed by atoms with Crippen LogP contribution in [-0.4, -0.2) is 57.8 Å².